The summed E-state index contributed by atoms with van der Waals surface area (Å²) in [6.07, 6.45) is -9.35. The van der Waals surface area contributed by atoms with Crippen molar-refractivity contribution in [2.24, 2.45) is 0 Å². The third-order valence-electron chi connectivity index (χ3n) is 4.93. The quantitative estimate of drug-likeness (QED) is 0.392. The molecule has 5 unspecified atom stereocenters. The van der Waals surface area contributed by atoms with Gasteiger partial charge in [0.2, 0.25) is 17.5 Å². The molecule has 5 N–H and O–H groups in total. The van der Waals surface area contributed by atoms with Crippen molar-refractivity contribution in [3.8, 4) is 22.8 Å². The molecular formula is C21H18O10. The van der Waals surface area contributed by atoms with E-state index in [4.69, 9.17) is 13.9 Å². The number of fused-ring (bicyclic) bond motifs is 1. The second kappa shape index (κ2) is 8.00. The van der Waals surface area contributed by atoms with Crippen molar-refractivity contribution < 1.29 is 44.2 Å². The van der Waals surface area contributed by atoms with Gasteiger partial charge in [0.25, 0.3) is 0 Å². The second-order valence-corrected chi connectivity index (χ2v) is 6.99. The Hall–Kier alpha value is -3.44. The Balaban J connectivity index is 1.83. The minimum Gasteiger partial charge on any atom is -0.508 e. The molecule has 10 nitrogen and oxygen atoms in total. The molecule has 1 fully saturated rings. The molecule has 4 rings (SSSR count). The third-order valence-corrected chi connectivity index (χ3v) is 4.93. The maximum atomic E-state index is 13.1. The van der Waals surface area contributed by atoms with Crippen LogP contribution in [0.25, 0.3) is 22.3 Å². The van der Waals surface area contributed by atoms with Gasteiger partial charge in [-0.05, 0) is 36.4 Å². The molecule has 10 heteroatoms. The molecule has 0 aliphatic carbocycles. The molecule has 1 saturated heterocycles. The van der Waals surface area contributed by atoms with Crippen LogP contribution in [0.1, 0.15) is 0 Å². The zero-order valence-corrected chi connectivity index (χ0v) is 15.8. The summed E-state index contributed by atoms with van der Waals surface area (Å²) in [7, 11) is 0. The van der Waals surface area contributed by atoms with Gasteiger partial charge in [0, 0.05) is 5.56 Å². The van der Waals surface area contributed by atoms with E-state index in [1.54, 1.807) is 18.2 Å². The number of carboxylic acid groups (broad SMARTS) is 1. The molecule has 1 aliphatic heterocycles. The average molecular weight is 430 g/mol. The maximum absolute atomic E-state index is 13.1. The first-order valence-corrected chi connectivity index (χ1v) is 9.22. The van der Waals surface area contributed by atoms with Crippen LogP contribution in [0.15, 0.2) is 57.7 Å². The van der Waals surface area contributed by atoms with E-state index in [0.29, 0.717) is 5.56 Å². The fraction of sp³-hybridized carbons (Fsp3) is 0.238. The normalized spacial score (nSPS) is 26.0. The SMILES string of the molecule is O=C(O)C1OC(Oc2c(-c3ccc(O)cc3)oc3ccccc3c2=O)C(O)C(O)C1O. The standard InChI is InChI=1S/C21H18O10/c22-10-7-5-9(6-8-10)17-18(13(23)11-3-1-2-4-12(11)29-17)30-21-16(26)14(24)15(25)19(31-21)20(27)28/h1-8,14-16,19,21-22,24-26H,(H,27,28). The highest BCUT2D eigenvalue weighted by atomic mass is 16.7. The van der Waals surface area contributed by atoms with E-state index in [2.05, 4.69) is 0 Å². The highest BCUT2D eigenvalue weighted by Crippen LogP contribution is 2.34. The van der Waals surface area contributed by atoms with Crippen LogP contribution in [0.5, 0.6) is 11.5 Å². The molecule has 1 aliphatic rings. The zero-order chi connectivity index (χ0) is 22.3. The summed E-state index contributed by atoms with van der Waals surface area (Å²) in [6, 6.07) is 12.0. The number of para-hydroxylation sites is 1. The topological polar surface area (TPSA) is 167 Å². The highest BCUT2D eigenvalue weighted by molar-refractivity contribution is 5.82. The van der Waals surface area contributed by atoms with Crippen LogP contribution in [-0.4, -0.2) is 62.2 Å². The molecule has 5 atom stereocenters. The van der Waals surface area contributed by atoms with Crippen molar-refractivity contribution in [3.63, 3.8) is 0 Å². The summed E-state index contributed by atoms with van der Waals surface area (Å²) < 4.78 is 16.5. The lowest BCUT2D eigenvalue weighted by Gasteiger charge is -2.38. The van der Waals surface area contributed by atoms with Gasteiger partial charge in [0.05, 0.1) is 5.39 Å². The first-order chi connectivity index (χ1) is 14.8. The third kappa shape index (κ3) is 3.73. The van der Waals surface area contributed by atoms with Crippen molar-refractivity contribution >= 4 is 16.9 Å². The largest absolute Gasteiger partial charge is 0.508 e. The molecule has 0 bridgehead atoms. The smallest absolute Gasteiger partial charge is 0.335 e. The van der Waals surface area contributed by atoms with Gasteiger partial charge in [0.15, 0.2) is 11.9 Å². The van der Waals surface area contributed by atoms with Gasteiger partial charge in [-0.3, -0.25) is 4.79 Å². The van der Waals surface area contributed by atoms with Crippen LogP contribution in [0.3, 0.4) is 0 Å². The Labute approximate surface area is 174 Å². The number of aliphatic hydroxyl groups excluding tert-OH is 3. The minimum absolute atomic E-state index is 0.0261. The fourth-order valence-electron chi connectivity index (χ4n) is 3.30. The minimum atomic E-state index is -1.91. The van der Waals surface area contributed by atoms with Crippen molar-refractivity contribution in [2.75, 3.05) is 0 Å². The number of phenolic OH excluding ortho intramolecular Hbond substituents is 1. The summed E-state index contributed by atoms with van der Waals surface area (Å²) in [4.78, 5) is 24.5. The molecule has 0 saturated carbocycles. The van der Waals surface area contributed by atoms with Gasteiger partial charge in [0.1, 0.15) is 29.6 Å². The molecular weight excluding hydrogens is 412 g/mol. The van der Waals surface area contributed by atoms with Gasteiger partial charge in [-0.1, -0.05) is 12.1 Å². The van der Waals surface area contributed by atoms with Gasteiger partial charge in [-0.2, -0.15) is 0 Å². The van der Waals surface area contributed by atoms with E-state index in [1.165, 1.54) is 30.3 Å². The van der Waals surface area contributed by atoms with E-state index >= 15 is 0 Å². The zero-order valence-electron chi connectivity index (χ0n) is 15.8. The number of carboxylic acids is 1. The van der Waals surface area contributed by atoms with Gasteiger partial charge < -0.3 is 39.4 Å². The highest BCUT2D eigenvalue weighted by Gasteiger charge is 2.48. The molecule has 3 aromatic rings. The molecule has 31 heavy (non-hydrogen) atoms. The molecule has 2 heterocycles. The number of aliphatic hydroxyl groups is 3. The number of carbonyl (C=O) groups is 1. The number of aromatic hydroxyl groups is 1. The van der Waals surface area contributed by atoms with Crippen molar-refractivity contribution in [1.82, 2.24) is 0 Å². The van der Waals surface area contributed by atoms with Crippen LogP contribution in [-0.2, 0) is 9.53 Å². The number of benzene rings is 2. The van der Waals surface area contributed by atoms with E-state index in [9.17, 15) is 35.1 Å². The van der Waals surface area contributed by atoms with Gasteiger partial charge in [-0.15, -0.1) is 0 Å². The Kier molecular flexibility index (Phi) is 5.38. The maximum Gasteiger partial charge on any atom is 0.335 e. The summed E-state index contributed by atoms with van der Waals surface area (Å²) in [5, 5.41) is 49.0. The molecule has 0 spiro atoms. The summed E-state index contributed by atoms with van der Waals surface area (Å²) in [6.45, 7) is 0. The molecule has 1 aromatic heterocycles. The van der Waals surface area contributed by atoms with E-state index < -0.39 is 47.9 Å². The number of hydrogen-bond acceptors (Lipinski definition) is 9. The van der Waals surface area contributed by atoms with Crippen molar-refractivity contribution in [1.29, 1.82) is 0 Å². The molecule has 2 aromatic carbocycles. The predicted octanol–water partition coefficient (Wildman–Crippen LogP) is 0.437. The lowest BCUT2D eigenvalue weighted by Crippen LogP contribution is -2.61. The Morgan fingerprint density at radius 2 is 1.61 bits per heavy atom. The molecule has 0 amide bonds. The van der Waals surface area contributed by atoms with Crippen LogP contribution < -0.4 is 10.2 Å². The number of rotatable bonds is 4. The summed E-state index contributed by atoms with van der Waals surface area (Å²) in [5.41, 5.74) is -0.0450. The summed E-state index contributed by atoms with van der Waals surface area (Å²) in [5.74, 6) is -2.08. The van der Waals surface area contributed by atoms with E-state index in [-0.39, 0.29) is 22.5 Å². The lowest BCUT2D eigenvalue weighted by molar-refractivity contribution is -0.271. The Morgan fingerprint density at radius 1 is 0.935 bits per heavy atom. The fourth-order valence-corrected chi connectivity index (χ4v) is 3.30. The van der Waals surface area contributed by atoms with Gasteiger partial charge >= 0.3 is 5.97 Å². The molecule has 0 radical (unpaired) electrons. The second-order valence-electron chi connectivity index (χ2n) is 6.99. The number of aliphatic carboxylic acids is 1. The van der Waals surface area contributed by atoms with Crippen molar-refractivity contribution in [2.45, 2.75) is 30.7 Å². The molecule has 162 valence electrons. The van der Waals surface area contributed by atoms with Crippen molar-refractivity contribution in [3.05, 3.63) is 58.8 Å². The lowest BCUT2D eigenvalue weighted by atomic mass is 9.99. The number of ether oxygens (including phenoxy) is 2. The van der Waals surface area contributed by atoms with E-state index in [1.807, 2.05) is 0 Å². The van der Waals surface area contributed by atoms with Gasteiger partial charge in [-0.25, -0.2) is 4.79 Å². The van der Waals surface area contributed by atoms with Crippen LogP contribution >= 0.6 is 0 Å². The predicted molar refractivity (Wildman–Crippen MR) is 105 cm³/mol. The Morgan fingerprint density at radius 3 is 2.29 bits per heavy atom. The average Bonchev–Trinajstić information content (AvgIpc) is 2.76. The monoisotopic (exact) mass is 430 g/mol. The number of phenols is 1. The van der Waals surface area contributed by atoms with Crippen LogP contribution in [0.2, 0.25) is 0 Å². The van der Waals surface area contributed by atoms with Crippen LogP contribution in [0.4, 0.5) is 0 Å². The van der Waals surface area contributed by atoms with E-state index in [0.717, 1.165) is 0 Å². The Bertz CT molecular complexity index is 1170. The first-order valence-electron chi connectivity index (χ1n) is 9.22. The first kappa shape index (κ1) is 20.8. The van der Waals surface area contributed by atoms with Crippen LogP contribution in [0, 0.1) is 0 Å². The summed E-state index contributed by atoms with van der Waals surface area (Å²) >= 11 is 0. The number of hydrogen-bond donors (Lipinski definition) is 5.